The van der Waals surface area contributed by atoms with E-state index in [1.54, 1.807) is 0 Å². The summed E-state index contributed by atoms with van der Waals surface area (Å²) >= 11 is 0. The fourth-order valence-electron chi connectivity index (χ4n) is 3.74. The standard InChI is InChI=1S/C28H26N2/c29-19-21-11-15-25(16-12-21)27(23-7-3-1-4-8-23)28(24-9-5-2-6-10-24)26-17-13-22(20-30)14-18-26/h1-18H,19-20,29-30H2/b28-27+. The van der Waals surface area contributed by atoms with E-state index in [9.17, 15) is 0 Å². The molecule has 0 fully saturated rings. The van der Waals surface area contributed by atoms with Gasteiger partial charge in [0.05, 0.1) is 0 Å². The topological polar surface area (TPSA) is 52.0 Å². The average molecular weight is 391 g/mol. The quantitative estimate of drug-likeness (QED) is 0.420. The summed E-state index contributed by atoms with van der Waals surface area (Å²) in [6.45, 7) is 1.08. The van der Waals surface area contributed by atoms with E-state index in [0.717, 1.165) is 11.1 Å². The monoisotopic (exact) mass is 390 g/mol. The molecule has 0 aliphatic heterocycles. The van der Waals surface area contributed by atoms with Gasteiger partial charge in [-0.05, 0) is 44.5 Å². The highest BCUT2D eigenvalue weighted by Crippen LogP contribution is 2.36. The zero-order chi connectivity index (χ0) is 20.8. The summed E-state index contributed by atoms with van der Waals surface area (Å²) < 4.78 is 0. The summed E-state index contributed by atoms with van der Waals surface area (Å²) in [5.74, 6) is 0. The van der Waals surface area contributed by atoms with Crippen LogP contribution in [0, 0.1) is 0 Å². The largest absolute Gasteiger partial charge is 0.326 e. The molecule has 0 aliphatic carbocycles. The molecule has 4 rings (SSSR count). The van der Waals surface area contributed by atoms with Gasteiger partial charge in [0, 0.05) is 13.1 Å². The Bertz CT molecular complexity index is 1020. The van der Waals surface area contributed by atoms with E-state index in [1.165, 1.54) is 33.4 Å². The van der Waals surface area contributed by atoms with Crippen molar-refractivity contribution in [3.05, 3.63) is 143 Å². The van der Waals surface area contributed by atoms with Crippen LogP contribution < -0.4 is 11.5 Å². The predicted octanol–water partition coefficient (Wildman–Crippen LogP) is 5.61. The van der Waals surface area contributed by atoms with Crippen molar-refractivity contribution in [1.29, 1.82) is 0 Å². The molecule has 4 N–H and O–H groups in total. The van der Waals surface area contributed by atoms with Gasteiger partial charge >= 0.3 is 0 Å². The van der Waals surface area contributed by atoms with Gasteiger partial charge in [-0.1, -0.05) is 109 Å². The molecule has 0 saturated heterocycles. The van der Waals surface area contributed by atoms with Crippen LogP contribution in [0.2, 0.25) is 0 Å². The van der Waals surface area contributed by atoms with Gasteiger partial charge in [-0.25, -0.2) is 0 Å². The third-order valence-corrected chi connectivity index (χ3v) is 5.33. The molecule has 30 heavy (non-hydrogen) atoms. The molecular formula is C28H26N2. The average Bonchev–Trinajstić information content (AvgIpc) is 2.84. The molecule has 2 nitrogen and oxygen atoms in total. The van der Waals surface area contributed by atoms with Crippen molar-refractivity contribution in [2.75, 3.05) is 0 Å². The van der Waals surface area contributed by atoms with Crippen LogP contribution in [0.25, 0.3) is 11.1 Å². The summed E-state index contributed by atoms with van der Waals surface area (Å²) in [5.41, 5.74) is 21.0. The van der Waals surface area contributed by atoms with Crippen molar-refractivity contribution < 1.29 is 0 Å². The number of rotatable bonds is 6. The van der Waals surface area contributed by atoms with Gasteiger partial charge in [0.25, 0.3) is 0 Å². The maximum absolute atomic E-state index is 5.83. The Morgan fingerprint density at radius 2 is 0.700 bits per heavy atom. The number of hydrogen-bond donors (Lipinski definition) is 2. The highest BCUT2D eigenvalue weighted by molar-refractivity contribution is 6.04. The Hall–Kier alpha value is -3.46. The highest BCUT2D eigenvalue weighted by atomic mass is 14.5. The van der Waals surface area contributed by atoms with Crippen LogP contribution in [0.4, 0.5) is 0 Å². The lowest BCUT2D eigenvalue weighted by atomic mass is 9.85. The van der Waals surface area contributed by atoms with Crippen molar-refractivity contribution in [3.8, 4) is 0 Å². The molecule has 0 radical (unpaired) electrons. The lowest BCUT2D eigenvalue weighted by Gasteiger charge is -2.18. The van der Waals surface area contributed by atoms with E-state index in [4.69, 9.17) is 11.5 Å². The Kier molecular flexibility index (Phi) is 6.19. The summed E-state index contributed by atoms with van der Waals surface area (Å²) in [4.78, 5) is 0. The minimum Gasteiger partial charge on any atom is -0.326 e. The normalized spacial score (nSPS) is 11.8. The number of nitrogens with two attached hydrogens (primary N) is 2. The van der Waals surface area contributed by atoms with Gasteiger partial charge in [0.2, 0.25) is 0 Å². The zero-order valence-corrected chi connectivity index (χ0v) is 17.0. The predicted molar refractivity (Wildman–Crippen MR) is 127 cm³/mol. The summed E-state index contributed by atoms with van der Waals surface area (Å²) in [6, 6.07) is 38.2. The van der Waals surface area contributed by atoms with E-state index in [1.807, 2.05) is 0 Å². The molecule has 0 bridgehead atoms. The first-order valence-corrected chi connectivity index (χ1v) is 10.2. The fraction of sp³-hybridized carbons (Fsp3) is 0.0714. The minimum atomic E-state index is 0.538. The van der Waals surface area contributed by atoms with Gasteiger partial charge in [0.1, 0.15) is 0 Å². The first-order chi connectivity index (χ1) is 14.8. The summed E-state index contributed by atoms with van der Waals surface area (Å²) in [7, 11) is 0. The smallest absolute Gasteiger partial charge is 0.0178 e. The van der Waals surface area contributed by atoms with Crippen LogP contribution in [0.15, 0.2) is 109 Å². The molecule has 148 valence electrons. The van der Waals surface area contributed by atoms with E-state index in [0.29, 0.717) is 13.1 Å². The number of hydrogen-bond acceptors (Lipinski definition) is 2. The summed E-state index contributed by atoms with van der Waals surface area (Å²) in [6.07, 6.45) is 0. The van der Waals surface area contributed by atoms with Crippen LogP contribution in [-0.4, -0.2) is 0 Å². The third kappa shape index (κ3) is 4.25. The van der Waals surface area contributed by atoms with E-state index in [2.05, 4.69) is 109 Å². The van der Waals surface area contributed by atoms with Gasteiger partial charge in [-0.15, -0.1) is 0 Å². The second-order valence-electron chi connectivity index (χ2n) is 7.28. The fourth-order valence-corrected chi connectivity index (χ4v) is 3.74. The molecule has 4 aromatic carbocycles. The zero-order valence-electron chi connectivity index (χ0n) is 17.0. The molecule has 0 aliphatic rings. The highest BCUT2D eigenvalue weighted by Gasteiger charge is 2.16. The van der Waals surface area contributed by atoms with Crippen LogP contribution in [0.5, 0.6) is 0 Å². The Balaban J connectivity index is 2.03. The van der Waals surface area contributed by atoms with E-state index in [-0.39, 0.29) is 0 Å². The molecular weight excluding hydrogens is 364 g/mol. The van der Waals surface area contributed by atoms with Crippen molar-refractivity contribution in [2.24, 2.45) is 11.5 Å². The Morgan fingerprint density at radius 1 is 0.400 bits per heavy atom. The Morgan fingerprint density at radius 3 is 1.00 bits per heavy atom. The van der Waals surface area contributed by atoms with Crippen LogP contribution in [-0.2, 0) is 13.1 Å². The van der Waals surface area contributed by atoms with Crippen molar-refractivity contribution in [1.82, 2.24) is 0 Å². The molecule has 0 unspecified atom stereocenters. The van der Waals surface area contributed by atoms with Crippen molar-refractivity contribution in [3.63, 3.8) is 0 Å². The van der Waals surface area contributed by atoms with Crippen molar-refractivity contribution >= 4 is 11.1 Å². The second-order valence-corrected chi connectivity index (χ2v) is 7.28. The molecule has 0 heterocycles. The van der Waals surface area contributed by atoms with Crippen LogP contribution >= 0.6 is 0 Å². The lowest BCUT2D eigenvalue weighted by molar-refractivity contribution is 1.07. The first-order valence-electron chi connectivity index (χ1n) is 10.2. The van der Waals surface area contributed by atoms with Gasteiger partial charge in [-0.2, -0.15) is 0 Å². The van der Waals surface area contributed by atoms with Crippen molar-refractivity contribution in [2.45, 2.75) is 13.1 Å². The molecule has 0 aromatic heterocycles. The molecule has 0 spiro atoms. The van der Waals surface area contributed by atoms with E-state index >= 15 is 0 Å². The van der Waals surface area contributed by atoms with Gasteiger partial charge < -0.3 is 11.5 Å². The molecule has 4 aromatic rings. The van der Waals surface area contributed by atoms with Crippen LogP contribution in [0.3, 0.4) is 0 Å². The lowest BCUT2D eigenvalue weighted by Crippen LogP contribution is -2.00. The molecule has 2 heteroatoms. The van der Waals surface area contributed by atoms with Crippen LogP contribution in [0.1, 0.15) is 33.4 Å². The molecule has 0 saturated carbocycles. The maximum atomic E-state index is 5.83. The Labute approximate surface area is 178 Å². The molecule has 0 amide bonds. The molecule has 0 atom stereocenters. The van der Waals surface area contributed by atoms with E-state index < -0.39 is 0 Å². The third-order valence-electron chi connectivity index (χ3n) is 5.33. The number of benzene rings is 4. The minimum absolute atomic E-state index is 0.538. The first kappa shape index (κ1) is 19.8. The maximum Gasteiger partial charge on any atom is 0.0178 e. The second kappa shape index (κ2) is 9.36. The van der Waals surface area contributed by atoms with Gasteiger partial charge in [0.15, 0.2) is 0 Å². The SMILES string of the molecule is NCc1ccc(/C(=C(\c2ccccc2)c2ccc(CN)cc2)c2ccccc2)cc1. The summed E-state index contributed by atoms with van der Waals surface area (Å²) in [5, 5.41) is 0. The van der Waals surface area contributed by atoms with Gasteiger partial charge in [-0.3, -0.25) is 0 Å².